The molecule has 1 aromatic heterocycles. The molecule has 0 bridgehead atoms. The summed E-state index contributed by atoms with van der Waals surface area (Å²) in [5.41, 5.74) is 1.40. The van der Waals surface area contributed by atoms with Gasteiger partial charge in [0.25, 0.3) is 0 Å². The summed E-state index contributed by atoms with van der Waals surface area (Å²) in [7, 11) is 0. The first-order valence-corrected chi connectivity index (χ1v) is 6.00. The highest BCUT2D eigenvalue weighted by Gasteiger charge is 2.17. The van der Waals surface area contributed by atoms with Crippen LogP contribution in [0.1, 0.15) is 20.3 Å². The van der Waals surface area contributed by atoms with Crippen molar-refractivity contribution in [1.82, 2.24) is 9.97 Å². The number of fused-ring (bicyclic) bond motifs is 1. The summed E-state index contributed by atoms with van der Waals surface area (Å²) in [6, 6.07) is 4.46. The van der Waals surface area contributed by atoms with Gasteiger partial charge >= 0.3 is 0 Å². The van der Waals surface area contributed by atoms with Gasteiger partial charge in [-0.2, -0.15) is 0 Å². The molecule has 0 radical (unpaired) electrons. The lowest BCUT2D eigenvalue weighted by molar-refractivity contribution is 0.220. The minimum atomic E-state index is -0.279. The van der Waals surface area contributed by atoms with Gasteiger partial charge in [-0.1, -0.05) is 13.8 Å². The van der Waals surface area contributed by atoms with E-state index < -0.39 is 0 Å². The van der Waals surface area contributed by atoms with Gasteiger partial charge < -0.3 is 15.4 Å². The third-order valence-corrected chi connectivity index (χ3v) is 2.97. The Kier molecular flexibility index (Phi) is 3.52. The second-order valence-electron chi connectivity index (χ2n) is 5.24. The SMILES string of the molecule is CC(C)(CCO)CNc1nc2ccc(F)cc2[nH]1. The largest absolute Gasteiger partial charge is 0.396 e. The maximum atomic E-state index is 13.0. The molecule has 2 rings (SSSR count). The molecule has 2 aromatic rings. The highest BCUT2D eigenvalue weighted by Crippen LogP contribution is 2.21. The molecule has 1 aromatic carbocycles. The molecule has 18 heavy (non-hydrogen) atoms. The number of aliphatic hydroxyl groups excluding tert-OH is 1. The highest BCUT2D eigenvalue weighted by atomic mass is 19.1. The van der Waals surface area contributed by atoms with E-state index in [1.54, 1.807) is 6.07 Å². The number of benzene rings is 1. The fraction of sp³-hybridized carbons (Fsp3) is 0.462. The topological polar surface area (TPSA) is 60.9 Å². The lowest BCUT2D eigenvalue weighted by Gasteiger charge is -2.23. The van der Waals surface area contributed by atoms with Crippen LogP contribution in [0.5, 0.6) is 0 Å². The van der Waals surface area contributed by atoms with E-state index in [1.807, 2.05) is 0 Å². The van der Waals surface area contributed by atoms with Gasteiger partial charge in [0.15, 0.2) is 0 Å². The maximum absolute atomic E-state index is 13.0. The highest BCUT2D eigenvalue weighted by molar-refractivity contribution is 5.77. The summed E-state index contributed by atoms with van der Waals surface area (Å²) in [6.07, 6.45) is 0.717. The number of hydrogen-bond donors (Lipinski definition) is 3. The minimum absolute atomic E-state index is 0.0149. The number of aromatic amines is 1. The Balaban J connectivity index is 2.08. The Labute approximate surface area is 105 Å². The van der Waals surface area contributed by atoms with Crippen molar-refractivity contribution < 1.29 is 9.50 Å². The molecule has 1 heterocycles. The van der Waals surface area contributed by atoms with Gasteiger partial charge in [-0.05, 0) is 30.0 Å². The summed E-state index contributed by atoms with van der Waals surface area (Å²) in [5.74, 6) is 0.347. The second-order valence-corrected chi connectivity index (χ2v) is 5.24. The fourth-order valence-corrected chi connectivity index (χ4v) is 1.78. The molecule has 0 fully saturated rings. The molecule has 5 heteroatoms. The van der Waals surface area contributed by atoms with Crippen LogP contribution in [0.3, 0.4) is 0 Å². The quantitative estimate of drug-likeness (QED) is 0.765. The number of H-pyrrole nitrogens is 1. The van der Waals surface area contributed by atoms with Crippen LogP contribution in [-0.4, -0.2) is 28.2 Å². The monoisotopic (exact) mass is 251 g/mol. The molecule has 0 aliphatic carbocycles. The molecule has 0 aliphatic heterocycles. The average Bonchev–Trinajstić information content (AvgIpc) is 2.68. The second kappa shape index (κ2) is 4.94. The van der Waals surface area contributed by atoms with Gasteiger partial charge in [-0.3, -0.25) is 0 Å². The summed E-state index contributed by atoms with van der Waals surface area (Å²) >= 11 is 0. The van der Waals surface area contributed by atoms with Crippen molar-refractivity contribution in [2.75, 3.05) is 18.5 Å². The lowest BCUT2D eigenvalue weighted by atomic mass is 9.90. The van der Waals surface area contributed by atoms with Gasteiger partial charge in [0, 0.05) is 13.2 Å². The molecule has 0 amide bonds. The van der Waals surface area contributed by atoms with Crippen LogP contribution in [0.4, 0.5) is 10.3 Å². The van der Waals surface area contributed by atoms with Crippen LogP contribution in [0, 0.1) is 11.2 Å². The van der Waals surface area contributed by atoms with E-state index in [0.29, 0.717) is 18.0 Å². The molecule has 0 aliphatic rings. The fourth-order valence-electron chi connectivity index (χ4n) is 1.78. The smallest absolute Gasteiger partial charge is 0.201 e. The van der Waals surface area contributed by atoms with E-state index in [2.05, 4.69) is 29.1 Å². The first-order chi connectivity index (χ1) is 8.50. The number of imidazole rings is 1. The molecule has 4 nitrogen and oxygen atoms in total. The number of hydrogen-bond acceptors (Lipinski definition) is 3. The van der Waals surface area contributed by atoms with Crippen LogP contribution in [0.2, 0.25) is 0 Å². The minimum Gasteiger partial charge on any atom is -0.396 e. The van der Waals surface area contributed by atoms with Crippen LogP contribution in [0.15, 0.2) is 18.2 Å². The number of halogens is 1. The molecule has 98 valence electrons. The van der Waals surface area contributed by atoms with Crippen molar-refractivity contribution in [3.63, 3.8) is 0 Å². The van der Waals surface area contributed by atoms with Crippen molar-refractivity contribution in [2.24, 2.45) is 5.41 Å². The first-order valence-electron chi connectivity index (χ1n) is 6.00. The summed E-state index contributed by atoms with van der Waals surface area (Å²) in [4.78, 5) is 7.35. The zero-order valence-electron chi connectivity index (χ0n) is 10.6. The third-order valence-electron chi connectivity index (χ3n) is 2.97. The van der Waals surface area contributed by atoms with Gasteiger partial charge in [-0.25, -0.2) is 9.37 Å². The van der Waals surface area contributed by atoms with Crippen molar-refractivity contribution in [1.29, 1.82) is 0 Å². The van der Waals surface area contributed by atoms with Crippen LogP contribution < -0.4 is 5.32 Å². The molecule has 0 spiro atoms. The lowest BCUT2D eigenvalue weighted by Crippen LogP contribution is -2.24. The van der Waals surface area contributed by atoms with Crippen molar-refractivity contribution >= 4 is 17.0 Å². The molecular formula is C13H18FN3O. The Hall–Kier alpha value is -1.62. The Bertz CT molecular complexity index is 536. The zero-order valence-corrected chi connectivity index (χ0v) is 10.6. The number of rotatable bonds is 5. The average molecular weight is 251 g/mol. The molecule has 0 unspecified atom stereocenters. The number of aliphatic hydroxyl groups is 1. The molecule has 0 atom stereocenters. The van der Waals surface area contributed by atoms with E-state index in [0.717, 1.165) is 11.9 Å². The molecular weight excluding hydrogens is 233 g/mol. The van der Waals surface area contributed by atoms with E-state index in [-0.39, 0.29) is 17.8 Å². The van der Waals surface area contributed by atoms with Gasteiger partial charge in [0.2, 0.25) is 5.95 Å². The number of anilines is 1. The maximum Gasteiger partial charge on any atom is 0.201 e. The standard InChI is InChI=1S/C13H18FN3O/c1-13(2,5-6-18)8-15-12-16-10-4-3-9(14)7-11(10)17-12/h3-4,7,18H,5-6,8H2,1-2H3,(H2,15,16,17). The Morgan fingerprint density at radius 3 is 2.94 bits per heavy atom. The van der Waals surface area contributed by atoms with E-state index in [1.165, 1.54) is 12.1 Å². The molecule has 3 N–H and O–H groups in total. The summed E-state index contributed by atoms with van der Waals surface area (Å²) in [6.45, 7) is 4.99. The van der Waals surface area contributed by atoms with Gasteiger partial charge in [0.05, 0.1) is 11.0 Å². The van der Waals surface area contributed by atoms with Crippen molar-refractivity contribution in [3.05, 3.63) is 24.0 Å². The van der Waals surface area contributed by atoms with Gasteiger partial charge in [-0.15, -0.1) is 0 Å². The molecule has 0 saturated carbocycles. The first kappa shape index (κ1) is 12.8. The van der Waals surface area contributed by atoms with Gasteiger partial charge in [0.1, 0.15) is 5.82 Å². The van der Waals surface area contributed by atoms with E-state index in [4.69, 9.17) is 5.11 Å². The van der Waals surface area contributed by atoms with Crippen LogP contribution >= 0.6 is 0 Å². The predicted octanol–water partition coefficient (Wildman–Crippen LogP) is 2.52. The van der Waals surface area contributed by atoms with Crippen molar-refractivity contribution in [3.8, 4) is 0 Å². The zero-order chi connectivity index (χ0) is 13.2. The van der Waals surface area contributed by atoms with Crippen LogP contribution in [-0.2, 0) is 0 Å². The predicted molar refractivity (Wildman–Crippen MR) is 70.0 cm³/mol. The normalized spacial score (nSPS) is 12.0. The number of aromatic nitrogens is 2. The van der Waals surface area contributed by atoms with E-state index in [9.17, 15) is 4.39 Å². The number of nitrogens with zero attached hydrogens (tertiary/aromatic N) is 1. The van der Waals surface area contributed by atoms with Crippen LogP contribution in [0.25, 0.3) is 11.0 Å². The number of nitrogens with one attached hydrogen (secondary N) is 2. The summed E-state index contributed by atoms with van der Waals surface area (Å²) in [5, 5.41) is 12.1. The van der Waals surface area contributed by atoms with Crippen molar-refractivity contribution in [2.45, 2.75) is 20.3 Å². The Morgan fingerprint density at radius 2 is 2.22 bits per heavy atom. The molecule has 0 saturated heterocycles. The Morgan fingerprint density at radius 1 is 1.44 bits per heavy atom. The summed E-state index contributed by atoms with van der Waals surface area (Å²) < 4.78 is 13.0. The third kappa shape index (κ3) is 2.98. The van der Waals surface area contributed by atoms with E-state index >= 15 is 0 Å².